The smallest absolute Gasteiger partial charge is 0.323 e. The molecule has 0 aliphatic carbocycles. The van der Waals surface area contributed by atoms with Crippen LogP contribution in [0.2, 0.25) is 0 Å². The van der Waals surface area contributed by atoms with Crippen LogP contribution >= 0.6 is 0 Å². The molecular weight excluding hydrogens is 248 g/mol. The van der Waals surface area contributed by atoms with Crippen molar-refractivity contribution in [3.63, 3.8) is 0 Å². The van der Waals surface area contributed by atoms with E-state index in [1.807, 2.05) is 6.92 Å². The van der Waals surface area contributed by atoms with Gasteiger partial charge in [-0.1, -0.05) is 20.8 Å². The van der Waals surface area contributed by atoms with Gasteiger partial charge in [0.15, 0.2) is 0 Å². The summed E-state index contributed by atoms with van der Waals surface area (Å²) < 4.78 is 0. The fourth-order valence-corrected chi connectivity index (χ4v) is 2.25. The number of aliphatic carboxylic acids is 1. The van der Waals surface area contributed by atoms with Crippen LogP contribution < -0.4 is 5.32 Å². The summed E-state index contributed by atoms with van der Waals surface area (Å²) in [5.74, 6) is -1.42. The molecule has 1 aliphatic rings. The van der Waals surface area contributed by atoms with E-state index in [4.69, 9.17) is 0 Å². The first-order chi connectivity index (χ1) is 8.64. The summed E-state index contributed by atoms with van der Waals surface area (Å²) in [6.45, 7) is 7.49. The average Bonchev–Trinajstić information content (AvgIpc) is 2.46. The minimum atomic E-state index is -1.12. The Labute approximate surface area is 113 Å². The molecule has 6 nitrogen and oxygen atoms in total. The molecule has 6 heteroatoms. The van der Waals surface area contributed by atoms with Gasteiger partial charge in [-0.2, -0.15) is 0 Å². The van der Waals surface area contributed by atoms with E-state index in [2.05, 4.69) is 5.32 Å². The lowest BCUT2D eigenvalue weighted by Crippen LogP contribution is -2.51. The van der Waals surface area contributed by atoms with Crippen molar-refractivity contribution < 1.29 is 19.5 Å². The quantitative estimate of drug-likeness (QED) is 0.691. The minimum Gasteiger partial charge on any atom is -0.480 e. The first-order valence-corrected chi connectivity index (χ1v) is 6.47. The van der Waals surface area contributed by atoms with Crippen molar-refractivity contribution in [3.05, 3.63) is 0 Å². The molecule has 19 heavy (non-hydrogen) atoms. The molecule has 108 valence electrons. The zero-order valence-electron chi connectivity index (χ0n) is 11.9. The van der Waals surface area contributed by atoms with Crippen LogP contribution in [0.15, 0.2) is 0 Å². The van der Waals surface area contributed by atoms with E-state index >= 15 is 0 Å². The maximum Gasteiger partial charge on any atom is 0.323 e. The molecule has 1 fully saturated rings. The van der Waals surface area contributed by atoms with Gasteiger partial charge in [0.1, 0.15) is 5.54 Å². The third kappa shape index (κ3) is 3.12. The van der Waals surface area contributed by atoms with Crippen molar-refractivity contribution in [2.24, 2.45) is 5.41 Å². The summed E-state index contributed by atoms with van der Waals surface area (Å²) in [5, 5.41) is 12.1. The maximum absolute atomic E-state index is 12.0. The Balaban J connectivity index is 2.73. The summed E-state index contributed by atoms with van der Waals surface area (Å²) >= 11 is 0. The number of likely N-dealkylation sites (N-methyl/N-ethyl adjacent to an activating group) is 1. The molecule has 2 N–H and O–H groups in total. The third-order valence-corrected chi connectivity index (χ3v) is 3.59. The monoisotopic (exact) mass is 270 g/mol. The molecule has 0 aromatic rings. The minimum absolute atomic E-state index is 0.136. The van der Waals surface area contributed by atoms with Crippen LogP contribution in [-0.2, 0) is 14.4 Å². The topological polar surface area (TPSA) is 86.7 Å². The standard InChI is InChI=1S/C13H22N2O4/c1-5-14-13(4,11(18)19)6-7-15-9(16)8-12(2,3)10(15)17/h14H,5-8H2,1-4H3,(H,18,19). The van der Waals surface area contributed by atoms with E-state index in [0.717, 1.165) is 0 Å². The molecule has 0 aromatic carbocycles. The molecule has 0 saturated carbocycles. The number of carboxylic acid groups (broad SMARTS) is 1. The van der Waals surface area contributed by atoms with Crippen molar-refractivity contribution in [1.29, 1.82) is 0 Å². The fourth-order valence-electron chi connectivity index (χ4n) is 2.25. The molecule has 1 aliphatic heterocycles. The van der Waals surface area contributed by atoms with Gasteiger partial charge in [-0.05, 0) is 19.9 Å². The normalized spacial score (nSPS) is 21.6. The second-order valence-electron chi connectivity index (χ2n) is 5.83. The van der Waals surface area contributed by atoms with Gasteiger partial charge in [0, 0.05) is 13.0 Å². The number of nitrogens with zero attached hydrogens (tertiary/aromatic N) is 1. The van der Waals surface area contributed by atoms with E-state index in [1.54, 1.807) is 20.8 Å². The number of carbonyl (C=O) groups excluding carboxylic acids is 2. The van der Waals surface area contributed by atoms with Crippen LogP contribution in [0.5, 0.6) is 0 Å². The van der Waals surface area contributed by atoms with Gasteiger partial charge >= 0.3 is 5.97 Å². The molecule has 1 rings (SSSR count). The average molecular weight is 270 g/mol. The van der Waals surface area contributed by atoms with Crippen molar-refractivity contribution in [1.82, 2.24) is 10.2 Å². The van der Waals surface area contributed by atoms with Gasteiger partial charge in [0.25, 0.3) is 0 Å². The number of likely N-dealkylation sites (tertiary alicyclic amines) is 1. The first kappa shape index (κ1) is 15.6. The van der Waals surface area contributed by atoms with E-state index in [-0.39, 0.29) is 31.2 Å². The Morgan fingerprint density at radius 2 is 2.05 bits per heavy atom. The molecule has 1 atom stereocenters. The highest BCUT2D eigenvalue weighted by atomic mass is 16.4. The third-order valence-electron chi connectivity index (χ3n) is 3.59. The van der Waals surface area contributed by atoms with Crippen molar-refractivity contribution >= 4 is 17.8 Å². The number of nitrogens with one attached hydrogen (secondary N) is 1. The highest BCUT2D eigenvalue weighted by molar-refractivity contribution is 6.05. The van der Waals surface area contributed by atoms with Crippen molar-refractivity contribution in [2.75, 3.05) is 13.1 Å². The SMILES string of the molecule is CCNC(C)(CCN1C(=O)CC(C)(C)C1=O)C(=O)O. The molecule has 1 heterocycles. The van der Waals surface area contributed by atoms with Crippen LogP contribution in [0.4, 0.5) is 0 Å². The predicted octanol–water partition coefficient (Wildman–Crippen LogP) is 0.614. The lowest BCUT2D eigenvalue weighted by atomic mass is 9.92. The fraction of sp³-hybridized carbons (Fsp3) is 0.769. The van der Waals surface area contributed by atoms with E-state index in [1.165, 1.54) is 4.90 Å². The zero-order valence-corrected chi connectivity index (χ0v) is 11.9. The predicted molar refractivity (Wildman–Crippen MR) is 69.5 cm³/mol. The Morgan fingerprint density at radius 1 is 1.47 bits per heavy atom. The molecular formula is C13H22N2O4. The summed E-state index contributed by atoms with van der Waals surface area (Å²) in [6, 6.07) is 0. The lowest BCUT2D eigenvalue weighted by Gasteiger charge is -2.28. The zero-order chi connectivity index (χ0) is 14.8. The van der Waals surface area contributed by atoms with Crippen molar-refractivity contribution in [2.45, 2.75) is 46.1 Å². The number of hydrogen-bond acceptors (Lipinski definition) is 4. The van der Waals surface area contributed by atoms with Crippen LogP contribution in [-0.4, -0.2) is 46.4 Å². The Kier molecular flexibility index (Phi) is 4.35. The van der Waals surface area contributed by atoms with E-state index < -0.39 is 16.9 Å². The summed E-state index contributed by atoms with van der Waals surface area (Å²) in [6.07, 6.45) is 0.389. The van der Waals surface area contributed by atoms with E-state index in [9.17, 15) is 19.5 Å². The van der Waals surface area contributed by atoms with Crippen LogP contribution in [0.3, 0.4) is 0 Å². The molecule has 0 radical (unpaired) electrons. The van der Waals surface area contributed by atoms with Gasteiger partial charge < -0.3 is 10.4 Å². The number of rotatable bonds is 6. The second-order valence-corrected chi connectivity index (χ2v) is 5.83. The summed E-state index contributed by atoms with van der Waals surface area (Å²) in [5.41, 5.74) is -1.79. The summed E-state index contributed by atoms with van der Waals surface area (Å²) in [4.78, 5) is 36.2. The number of carboxylic acids is 1. The van der Waals surface area contributed by atoms with Gasteiger partial charge in [-0.25, -0.2) is 0 Å². The number of amides is 2. The lowest BCUT2D eigenvalue weighted by molar-refractivity contribution is -0.147. The Hall–Kier alpha value is -1.43. The van der Waals surface area contributed by atoms with E-state index in [0.29, 0.717) is 6.54 Å². The van der Waals surface area contributed by atoms with Gasteiger partial charge in [0.2, 0.25) is 11.8 Å². The van der Waals surface area contributed by atoms with Crippen molar-refractivity contribution in [3.8, 4) is 0 Å². The number of hydrogen-bond donors (Lipinski definition) is 2. The Bertz CT molecular complexity index is 405. The molecule has 2 amide bonds. The van der Waals surface area contributed by atoms with Crippen LogP contribution in [0.25, 0.3) is 0 Å². The summed E-state index contributed by atoms with van der Waals surface area (Å²) in [7, 11) is 0. The van der Waals surface area contributed by atoms with Crippen LogP contribution in [0, 0.1) is 5.41 Å². The van der Waals surface area contributed by atoms with Crippen LogP contribution in [0.1, 0.15) is 40.5 Å². The molecule has 0 spiro atoms. The molecule has 1 unspecified atom stereocenters. The second kappa shape index (κ2) is 5.28. The van der Waals surface area contributed by atoms with Gasteiger partial charge in [-0.3, -0.25) is 19.3 Å². The Morgan fingerprint density at radius 3 is 2.42 bits per heavy atom. The number of imide groups is 1. The maximum atomic E-state index is 12.0. The molecule has 0 bridgehead atoms. The molecule has 1 saturated heterocycles. The highest BCUT2D eigenvalue weighted by Gasteiger charge is 2.45. The van der Waals surface area contributed by atoms with Gasteiger partial charge in [0.05, 0.1) is 5.41 Å². The highest BCUT2D eigenvalue weighted by Crippen LogP contribution is 2.32. The largest absolute Gasteiger partial charge is 0.480 e. The number of carbonyl (C=O) groups is 3. The molecule has 0 aromatic heterocycles. The first-order valence-electron chi connectivity index (χ1n) is 6.47. The van der Waals surface area contributed by atoms with Gasteiger partial charge in [-0.15, -0.1) is 0 Å².